The molecule has 20 heavy (non-hydrogen) atoms. The highest BCUT2D eigenvalue weighted by Crippen LogP contribution is 2.27. The van der Waals surface area contributed by atoms with Crippen LogP contribution in [0.5, 0.6) is 0 Å². The van der Waals surface area contributed by atoms with Gasteiger partial charge in [0.1, 0.15) is 0 Å². The minimum atomic E-state index is -1.43. The Bertz CT molecular complexity index is 498. The van der Waals surface area contributed by atoms with Crippen LogP contribution in [-0.4, -0.2) is 17.0 Å². The van der Waals surface area contributed by atoms with E-state index in [-0.39, 0.29) is 18.7 Å². The van der Waals surface area contributed by atoms with Gasteiger partial charge in [0, 0.05) is 11.4 Å². The van der Waals surface area contributed by atoms with Crippen molar-refractivity contribution in [1.29, 1.82) is 0 Å². The van der Waals surface area contributed by atoms with Crippen molar-refractivity contribution in [3.05, 3.63) is 47.5 Å². The summed E-state index contributed by atoms with van der Waals surface area (Å²) in [4.78, 5) is 23.6. The topological polar surface area (TPSA) is 66.4 Å². The molecule has 1 aromatic rings. The Labute approximate surface area is 123 Å². The summed E-state index contributed by atoms with van der Waals surface area (Å²) in [7, 11) is 0. The zero-order valence-electron chi connectivity index (χ0n) is 11.4. The summed E-state index contributed by atoms with van der Waals surface area (Å²) in [6.45, 7) is 5.26. The molecule has 0 spiro atoms. The van der Waals surface area contributed by atoms with E-state index in [4.69, 9.17) is 11.6 Å². The molecule has 1 unspecified atom stereocenters. The molecule has 0 fully saturated rings. The van der Waals surface area contributed by atoms with Crippen molar-refractivity contribution in [3.63, 3.8) is 0 Å². The molecule has 0 aliphatic carbocycles. The maximum atomic E-state index is 11.9. The van der Waals surface area contributed by atoms with Crippen molar-refractivity contribution in [2.75, 3.05) is 0 Å². The molecule has 1 aromatic carbocycles. The molecule has 0 aliphatic rings. The van der Waals surface area contributed by atoms with Gasteiger partial charge in [-0.25, -0.2) is 4.79 Å². The second kappa shape index (κ2) is 7.10. The second-order valence-electron chi connectivity index (χ2n) is 4.45. The number of benzene rings is 1. The number of halogens is 1. The van der Waals surface area contributed by atoms with Gasteiger partial charge in [0.15, 0.2) is 5.54 Å². The Hall–Kier alpha value is -1.81. The molecule has 0 bridgehead atoms. The number of amides is 1. The summed E-state index contributed by atoms with van der Waals surface area (Å²) in [5, 5.41) is 12.7. The first-order chi connectivity index (χ1) is 9.46. The summed E-state index contributed by atoms with van der Waals surface area (Å²) in [6, 6.07) is 6.46. The van der Waals surface area contributed by atoms with E-state index in [1.54, 1.807) is 37.3 Å². The van der Waals surface area contributed by atoms with E-state index in [2.05, 4.69) is 11.9 Å². The largest absolute Gasteiger partial charge is 0.479 e. The van der Waals surface area contributed by atoms with Gasteiger partial charge in [-0.1, -0.05) is 36.7 Å². The molecule has 1 atom stereocenters. The molecule has 0 radical (unpaired) electrons. The van der Waals surface area contributed by atoms with Crippen LogP contribution >= 0.6 is 11.6 Å². The van der Waals surface area contributed by atoms with E-state index in [9.17, 15) is 14.7 Å². The number of rotatable bonds is 7. The molecule has 0 aromatic heterocycles. The van der Waals surface area contributed by atoms with Crippen LogP contribution in [0.25, 0.3) is 0 Å². The zero-order chi connectivity index (χ0) is 15.2. The van der Waals surface area contributed by atoms with Crippen LogP contribution in [0.2, 0.25) is 5.02 Å². The summed E-state index contributed by atoms with van der Waals surface area (Å²) >= 11 is 5.81. The van der Waals surface area contributed by atoms with Gasteiger partial charge in [-0.2, -0.15) is 0 Å². The van der Waals surface area contributed by atoms with Crippen LogP contribution in [-0.2, 0) is 15.1 Å². The van der Waals surface area contributed by atoms with E-state index >= 15 is 0 Å². The predicted molar refractivity (Wildman–Crippen MR) is 78.6 cm³/mol. The fourth-order valence-electron chi connectivity index (χ4n) is 1.96. The van der Waals surface area contributed by atoms with Gasteiger partial charge in [-0.05, 0) is 30.5 Å². The van der Waals surface area contributed by atoms with Crippen molar-refractivity contribution in [2.24, 2.45) is 0 Å². The number of carboxylic acids is 1. The molecule has 1 rings (SSSR count). The average Bonchev–Trinajstić information content (AvgIpc) is 2.43. The Balaban J connectivity index is 3.09. The van der Waals surface area contributed by atoms with Crippen molar-refractivity contribution in [3.8, 4) is 0 Å². The molecular formula is C15H18ClNO3. The van der Waals surface area contributed by atoms with Crippen LogP contribution in [0.4, 0.5) is 0 Å². The van der Waals surface area contributed by atoms with Gasteiger partial charge in [0.2, 0.25) is 5.91 Å². The number of nitrogens with one attached hydrogen (secondary N) is 1. The lowest BCUT2D eigenvalue weighted by molar-refractivity contribution is -0.148. The summed E-state index contributed by atoms with van der Waals surface area (Å²) in [5.74, 6) is -1.40. The minimum absolute atomic E-state index is 0.214. The van der Waals surface area contributed by atoms with Gasteiger partial charge in [0.05, 0.1) is 0 Å². The number of allylic oxidation sites excluding steroid dienone is 1. The molecule has 0 heterocycles. The lowest BCUT2D eigenvalue weighted by Crippen LogP contribution is -2.51. The van der Waals surface area contributed by atoms with Crippen LogP contribution in [0.1, 0.15) is 31.7 Å². The third-order valence-corrected chi connectivity index (χ3v) is 3.41. The number of carbonyl (C=O) groups excluding carboxylic acids is 1. The smallest absolute Gasteiger partial charge is 0.334 e. The van der Waals surface area contributed by atoms with E-state index in [0.717, 1.165) is 0 Å². The van der Waals surface area contributed by atoms with Crippen LogP contribution in [0.15, 0.2) is 36.9 Å². The SMILES string of the molecule is C=CCCC(=O)NC(CC)(C(=O)O)c1ccc(Cl)cc1. The molecule has 108 valence electrons. The monoisotopic (exact) mass is 295 g/mol. The Morgan fingerprint density at radius 2 is 2.00 bits per heavy atom. The van der Waals surface area contributed by atoms with Crippen LogP contribution in [0, 0.1) is 0 Å². The number of aliphatic carboxylic acids is 1. The summed E-state index contributed by atoms with van der Waals surface area (Å²) in [6.07, 6.45) is 2.58. The second-order valence-corrected chi connectivity index (χ2v) is 4.88. The van der Waals surface area contributed by atoms with Gasteiger partial charge >= 0.3 is 5.97 Å². The molecule has 4 nitrogen and oxygen atoms in total. The van der Waals surface area contributed by atoms with E-state index in [0.29, 0.717) is 17.0 Å². The zero-order valence-corrected chi connectivity index (χ0v) is 12.1. The lowest BCUT2D eigenvalue weighted by atomic mass is 9.87. The highest BCUT2D eigenvalue weighted by molar-refractivity contribution is 6.30. The maximum absolute atomic E-state index is 11.9. The molecule has 0 saturated carbocycles. The van der Waals surface area contributed by atoms with Crippen LogP contribution in [0.3, 0.4) is 0 Å². The van der Waals surface area contributed by atoms with Crippen LogP contribution < -0.4 is 5.32 Å². The first kappa shape index (κ1) is 16.2. The fourth-order valence-corrected chi connectivity index (χ4v) is 2.09. The first-order valence-corrected chi connectivity index (χ1v) is 6.75. The third kappa shape index (κ3) is 3.61. The molecule has 1 amide bonds. The van der Waals surface area contributed by atoms with Crippen molar-refractivity contribution >= 4 is 23.5 Å². The van der Waals surface area contributed by atoms with Gasteiger partial charge < -0.3 is 10.4 Å². The van der Waals surface area contributed by atoms with Gasteiger partial charge in [0.25, 0.3) is 0 Å². The minimum Gasteiger partial charge on any atom is -0.479 e. The molecule has 5 heteroatoms. The number of carboxylic acid groups (broad SMARTS) is 1. The summed E-state index contributed by atoms with van der Waals surface area (Å²) < 4.78 is 0. The lowest BCUT2D eigenvalue weighted by Gasteiger charge is -2.30. The fraction of sp³-hybridized carbons (Fsp3) is 0.333. The molecular weight excluding hydrogens is 278 g/mol. The highest BCUT2D eigenvalue weighted by atomic mass is 35.5. The molecule has 0 aliphatic heterocycles. The van der Waals surface area contributed by atoms with Crippen molar-refractivity contribution in [1.82, 2.24) is 5.32 Å². The van der Waals surface area contributed by atoms with E-state index in [1.807, 2.05) is 0 Å². The van der Waals surface area contributed by atoms with Gasteiger partial charge in [-0.15, -0.1) is 6.58 Å². The molecule has 2 N–H and O–H groups in total. The Morgan fingerprint density at radius 1 is 1.40 bits per heavy atom. The van der Waals surface area contributed by atoms with Crippen molar-refractivity contribution < 1.29 is 14.7 Å². The normalized spacial score (nSPS) is 13.3. The summed E-state index contributed by atoms with van der Waals surface area (Å²) in [5.41, 5.74) is -0.924. The third-order valence-electron chi connectivity index (χ3n) is 3.16. The standard InChI is InChI=1S/C15H18ClNO3/c1-3-5-6-13(18)17-15(4-2,14(19)20)11-7-9-12(16)10-8-11/h3,7-10H,1,4-6H2,2H3,(H,17,18)(H,19,20). The number of hydrogen-bond acceptors (Lipinski definition) is 2. The predicted octanol–water partition coefficient (Wildman–Crippen LogP) is 3.11. The van der Waals surface area contributed by atoms with E-state index < -0.39 is 11.5 Å². The molecule has 0 saturated heterocycles. The highest BCUT2D eigenvalue weighted by Gasteiger charge is 2.39. The first-order valence-electron chi connectivity index (χ1n) is 6.37. The quantitative estimate of drug-likeness (QED) is 0.760. The Kier molecular flexibility index (Phi) is 5.77. The van der Waals surface area contributed by atoms with Crippen molar-refractivity contribution in [2.45, 2.75) is 31.7 Å². The number of carbonyl (C=O) groups is 2. The Morgan fingerprint density at radius 3 is 2.45 bits per heavy atom. The van der Waals surface area contributed by atoms with E-state index in [1.165, 1.54) is 0 Å². The maximum Gasteiger partial charge on any atom is 0.334 e. The average molecular weight is 296 g/mol. The number of hydrogen-bond donors (Lipinski definition) is 2. The van der Waals surface area contributed by atoms with Gasteiger partial charge in [-0.3, -0.25) is 4.79 Å².